The van der Waals surface area contributed by atoms with Crippen LogP contribution in [0.15, 0.2) is 34.8 Å². The third-order valence-electron chi connectivity index (χ3n) is 4.59. The summed E-state index contributed by atoms with van der Waals surface area (Å²) in [6.07, 6.45) is 8.54. The predicted octanol–water partition coefficient (Wildman–Crippen LogP) is 3.55. The number of hydrogen-bond acceptors (Lipinski definition) is 2. The second kappa shape index (κ2) is 7.42. The summed E-state index contributed by atoms with van der Waals surface area (Å²) in [5.41, 5.74) is 1.05. The van der Waals surface area contributed by atoms with Gasteiger partial charge in [0.1, 0.15) is 0 Å². The van der Waals surface area contributed by atoms with Gasteiger partial charge in [-0.05, 0) is 62.5 Å². The van der Waals surface area contributed by atoms with Crippen LogP contribution in [0.25, 0.3) is 6.08 Å². The molecule has 2 aliphatic rings. The van der Waals surface area contributed by atoms with Gasteiger partial charge in [-0.15, -0.1) is 0 Å². The number of likely N-dealkylation sites (tertiary alicyclic amines) is 2. The molecule has 22 heavy (non-hydrogen) atoms. The molecule has 2 heterocycles. The molecule has 3 rings (SSSR count). The van der Waals surface area contributed by atoms with Gasteiger partial charge in [0.15, 0.2) is 0 Å². The number of benzene rings is 1. The first-order valence-corrected chi connectivity index (χ1v) is 8.98. The summed E-state index contributed by atoms with van der Waals surface area (Å²) >= 11 is 3.46. The van der Waals surface area contributed by atoms with Crippen molar-refractivity contribution in [1.82, 2.24) is 9.80 Å². The quantitative estimate of drug-likeness (QED) is 0.764. The van der Waals surface area contributed by atoms with E-state index >= 15 is 0 Å². The van der Waals surface area contributed by atoms with Crippen LogP contribution in [0.5, 0.6) is 0 Å². The highest BCUT2D eigenvalue weighted by Crippen LogP contribution is 2.21. The maximum atomic E-state index is 12.5. The molecule has 0 spiro atoms. The fraction of sp³-hybridized carbons (Fsp3) is 0.500. The summed E-state index contributed by atoms with van der Waals surface area (Å²) in [6.45, 7) is 4.36. The average Bonchev–Trinajstić information content (AvgIpc) is 3.17. The van der Waals surface area contributed by atoms with E-state index in [9.17, 15) is 4.79 Å². The highest BCUT2D eigenvalue weighted by molar-refractivity contribution is 9.10. The van der Waals surface area contributed by atoms with Gasteiger partial charge >= 0.3 is 0 Å². The van der Waals surface area contributed by atoms with Gasteiger partial charge in [0, 0.05) is 29.7 Å². The van der Waals surface area contributed by atoms with Crippen molar-refractivity contribution in [1.29, 1.82) is 0 Å². The van der Waals surface area contributed by atoms with Gasteiger partial charge in [-0.2, -0.15) is 0 Å². The van der Waals surface area contributed by atoms with Crippen molar-refractivity contribution < 1.29 is 4.79 Å². The Kier molecular flexibility index (Phi) is 5.32. The zero-order valence-electron chi connectivity index (χ0n) is 12.9. The molecule has 1 unspecified atom stereocenters. The lowest BCUT2D eigenvalue weighted by molar-refractivity contribution is -0.127. The van der Waals surface area contributed by atoms with Crippen molar-refractivity contribution in [3.63, 3.8) is 0 Å². The first kappa shape index (κ1) is 15.8. The first-order chi connectivity index (χ1) is 10.7. The Hall–Kier alpha value is -1.13. The zero-order valence-corrected chi connectivity index (χ0v) is 14.5. The fourth-order valence-corrected chi connectivity index (χ4v) is 3.87. The van der Waals surface area contributed by atoms with Crippen molar-refractivity contribution in [2.75, 3.05) is 26.2 Å². The third kappa shape index (κ3) is 3.99. The molecule has 0 saturated carbocycles. The van der Waals surface area contributed by atoms with E-state index in [-0.39, 0.29) is 5.91 Å². The van der Waals surface area contributed by atoms with Crippen LogP contribution in [0.1, 0.15) is 31.2 Å². The maximum Gasteiger partial charge on any atom is 0.246 e. The number of amides is 1. The van der Waals surface area contributed by atoms with Gasteiger partial charge in [-0.3, -0.25) is 4.79 Å². The highest BCUT2D eigenvalue weighted by atomic mass is 79.9. The molecule has 2 saturated heterocycles. The van der Waals surface area contributed by atoms with E-state index in [0.717, 1.165) is 36.0 Å². The highest BCUT2D eigenvalue weighted by Gasteiger charge is 2.29. The Morgan fingerprint density at radius 3 is 2.82 bits per heavy atom. The van der Waals surface area contributed by atoms with Crippen LogP contribution in [0.3, 0.4) is 0 Å². The third-order valence-corrected chi connectivity index (χ3v) is 5.09. The summed E-state index contributed by atoms with van der Waals surface area (Å²) in [7, 11) is 0. The van der Waals surface area contributed by atoms with Crippen molar-refractivity contribution in [3.05, 3.63) is 40.4 Å². The van der Waals surface area contributed by atoms with Crippen LogP contribution in [-0.2, 0) is 4.79 Å². The minimum absolute atomic E-state index is 0.154. The molecule has 1 atom stereocenters. The molecule has 2 aliphatic heterocycles. The van der Waals surface area contributed by atoms with Gasteiger partial charge in [-0.25, -0.2) is 0 Å². The molecule has 0 aromatic heterocycles. The van der Waals surface area contributed by atoms with Gasteiger partial charge in [-0.1, -0.05) is 28.1 Å². The van der Waals surface area contributed by atoms with Crippen molar-refractivity contribution in [3.8, 4) is 0 Å². The monoisotopic (exact) mass is 362 g/mol. The normalized spacial score (nSPS) is 22.8. The summed E-state index contributed by atoms with van der Waals surface area (Å²) in [5, 5.41) is 0. The molecule has 3 nitrogen and oxygen atoms in total. The molecule has 2 fully saturated rings. The van der Waals surface area contributed by atoms with E-state index in [1.165, 1.54) is 25.9 Å². The minimum atomic E-state index is 0.154. The average molecular weight is 363 g/mol. The van der Waals surface area contributed by atoms with Crippen molar-refractivity contribution >= 4 is 27.9 Å². The van der Waals surface area contributed by atoms with Gasteiger partial charge < -0.3 is 9.80 Å². The number of carbonyl (C=O) groups is 1. The van der Waals surface area contributed by atoms with Crippen LogP contribution in [-0.4, -0.2) is 47.9 Å². The molecule has 0 aliphatic carbocycles. The molecular formula is C18H23BrN2O. The maximum absolute atomic E-state index is 12.5. The van der Waals surface area contributed by atoms with E-state index in [0.29, 0.717) is 6.04 Å². The molecular weight excluding hydrogens is 340 g/mol. The van der Waals surface area contributed by atoms with E-state index in [1.54, 1.807) is 6.08 Å². The summed E-state index contributed by atoms with van der Waals surface area (Å²) in [6, 6.07) is 8.42. The molecule has 1 aromatic rings. The Bertz CT molecular complexity index is 552. The minimum Gasteiger partial charge on any atom is -0.335 e. The molecule has 0 radical (unpaired) electrons. The standard InChI is InChI=1S/C18H23BrN2O/c19-16-6-3-5-15(13-16)8-9-18(22)21-12-4-7-17(21)14-20-10-1-2-11-20/h3,5-6,8-9,13,17H,1-2,4,7,10-12,14H2/b9-8+. The van der Waals surface area contributed by atoms with Crippen molar-refractivity contribution in [2.45, 2.75) is 31.7 Å². The Morgan fingerprint density at radius 1 is 1.23 bits per heavy atom. The second-order valence-corrected chi connectivity index (χ2v) is 7.14. The predicted molar refractivity (Wildman–Crippen MR) is 93.6 cm³/mol. The van der Waals surface area contributed by atoms with E-state index in [1.807, 2.05) is 30.3 Å². The number of hydrogen-bond donors (Lipinski definition) is 0. The van der Waals surface area contributed by atoms with Crippen LogP contribution in [0.4, 0.5) is 0 Å². The number of halogens is 1. The first-order valence-electron chi connectivity index (χ1n) is 8.19. The molecule has 4 heteroatoms. The molecule has 0 bridgehead atoms. The number of nitrogens with zero attached hydrogens (tertiary/aromatic N) is 2. The molecule has 118 valence electrons. The van der Waals surface area contributed by atoms with Gasteiger partial charge in [0.05, 0.1) is 0 Å². The van der Waals surface area contributed by atoms with Gasteiger partial charge in [0.25, 0.3) is 0 Å². The lowest BCUT2D eigenvalue weighted by Crippen LogP contribution is -2.41. The second-order valence-electron chi connectivity index (χ2n) is 6.22. The SMILES string of the molecule is O=C(/C=C/c1cccc(Br)c1)N1CCCC1CN1CCCC1. The van der Waals surface area contributed by atoms with Crippen LogP contribution < -0.4 is 0 Å². The van der Waals surface area contributed by atoms with Crippen LogP contribution in [0, 0.1) is 0 Å². The van der Waals surface area contributed by atoms with Crippen molar-refractivity contribution in [2.24, 2.45) is 0 Å². The Labute approximate surface area is 141 Å². The lowest BCUT2D eigenvalue weighted by atomic mass is 10.2. The van der Waals surface area contributed by atoms with E-state index in [2.05, 4.69) is 25.7 Å². The molecule has 0 N–H and O–H groups in total. The van der Waals surface area contributed by atoms with Crippen LogP contribution in [0.2, 0.25) is 0 Å². The number of carbonyl (C=O) groups excluding carboxylic acids is 1. The zero-order chi connectivity index (χ0) is 15.4. The number of rotatable bonds is 4. The Balaban J connectivity index is 1.60. The van der Waals surface area contributed by atoms with Crippen LogP contribution >= 0.6 is 15.9 Å². The topological polar surface area (TPSA) is 23.6 Å². The summed E-state index contributed by atoms with van der Waals surface area (Å²) in [5.74, 6) is 0.154. The lowest BCUT2D eigenvalue weighted by Gasteiger charge is -2.27. The summed E-state index contributed by atoms with van der Waals surface area (Å²) < 4.78 is 1.04. The Morgan fingerprint density at radius 2 is 2.05 bits per heavy atom. The van der Waals surface area contributed by atoms with E-state index in [4.69, 9.17) is 0 Å². The summed E-state index contributed by atoms with van der Waals surface area (Å²) in [4.78, 5) is 17.1. The fourth-order valence-electron chi connectivity index (χ4n) is 3.45. The smallest absolute Gasteiger partial charge is 0.246 e. The van der Waals surface area contributed by atoms with E-state index < -0.39 is 0 Å². The largest absolute Gasteiger partial charge is 0.335 e. The molecule has 1 aromatic carbocycles. The molecule has 1 amide bonds. The van der Waals surface area contributed by atoms with Gasteiger partial charge in [0.2, 0.25) is 5.91 Å².